The summed E-state index contributed by atoms with van der Waals surface area (Å²) in [5, 5.41) is 11.3. The van der Waals surface area contributed by atoms with Crippen LogP contribution in [0.3, 0.4) is 0 Å². The summed E-state index contributed by atoms with van der Waals surface area (Å²) < 4.78 is 5.57. The number of nitrogens with one attached hydrogen (secondary N) is 2. The molecular weight excluding hydrogens is 447 g/mol. The van der Waals surface area contributed by atoms with E-state index in [0.29, 0.717) is 0 Å². The van der Waals surface area contributed by atoms with Crippen molar-refractivity contribution in [3.63, 3.8) is 0 Å². The van der Waals surface area contributed by atoms with E-state index in [0.717, 1.165) is 45.4 Å². The molecule has 1 aromatic heterocycles. The van der Waals surface area contributed by atoms with Crippen molar-refractivity contribution in [1.29, 1.82) is 0 Å². The maximum atomic E-state index is 5.57. The molecule has 7 heteroatoms. The van der Waals surface area contributed by atoms with E-state index in [1.165, 1.54) is 37.7 Å². The number of hydrogen-bond acceptors (Lipinski definition) is 4. The Kier molecular flexibility index (Phi) is 8.95. The Balaban J connectivity index is 0.00000225. The Hall–Kier alpha value is -0.380. The van der Waals surface area contributed by atoms with Crippen LogP contribution >= 0.6 is 35.3 Å². The van der Waals surface area contributed by atoms with E-state index in [9.17, 15) is 0 Å². The molecule has 0 amide bonds. The first-order valence-electron chi connectivity index (χ1n) is 9.11. The molecule has 142 valence electrons. The fraction of sp³-hybridized carbons (Fsp3) is 0.722. The molecule has 1 saturated carbocycles. The molecule has 0 radical (unpaired) electrons. The van der Waals surface area contributed by atoms with Gasteiger partial charge in [0.15, 0.2) is 5.96 Å². The molecule has 1 aliphatic carbocycles. The second kappa shape index (κ2) is 10.7. The molecule has 1 saturated heterocycles. The zero-order chi connectivity index (χ0) is 16.7. The number of halogens is 1. The summed E-state index contributed by atoms with van der Waals surface area (Å²) in [6.07, 6.45) is 6.60. The summed E-state index contributed by atoms with van der Waals surface area (Å²) in [5.74, 6) is 0.902. The quantitative estimate of drug-likeness (QED) is 0.388. The minimum absolute atomic E-state index is 0. The van der Waals surface area contributed by atoms with E-state index in [2.05, 4.69) is 37.4 Å². The lowest BCUT2D eigenvalue weighted by Gasteiger charge is -2.48. The third kappa shape index (κ3) is 5.80. The third-order valence-corrected chi connectivity index (χ3v) is 6.05. The lowest BCUT2D eigenvalue weighted by molar-refractivity contribution is -0.0352. The van der Waals surface area contributed by atoms with Crippen molar-refractivity contribution in [2.45, 2.75) is 44.2 Å². The van der Waals surface area contributed by atoms with Gasteiger partial charge in [-0.1, -0.05) is 19.3 Å². The molecule has 2 N–H and O–H groups in total. The number of aliphatic imine (C=N–C) groups is 1. The molecule has 0 bridgehead atoms. The monoisotopic (exact) mass is 478 g/mol. The Morgan fingerprint density at radius 2 is 2.00 bits per heavy atom. The van der Waals surface area contributed by atoms with Crippen LogP contribution in [0, 0.1) is 0 Å². The number of rotatable bonds is 5. The number of thiophene rings is 1. The van der Waals surface area contributed by atoms with Crippen LogP contribution in [0.25, 0.3) is 0 Å². The van der Waals surface area contributed by atoms with Crippen molar-refractivity contribution in [2.24, 2.45) is 4.99 Å². The fourth-order valence-corrected chi connectivity index (χ4v) is 4.57. The molecule has 2 heterocycles. The van der Waals surface area contributed by atoms with Crippen molar-refractivity contribution >= 4 is 41.3 Å². The summed E-state index contributed by atoms with van der Waals surface area (Å²) in [6, 6.07) is 2.15. The SMILES string of the molecule is CN=C(NCc1ccsc1)NCC1(N2CCOCC2)CCCCC1.I. The summed E-state index contributed by atoms with van der Waals surface area (Å²) in [7, 11) is 1.85. The molecule has 5 nitrogen and oxygen atoms in total. The molecule has 1 aliphatic heterocycles. The first kappa shape index (κ1) is 20.9. The standard InChI is InChI=1S/C18H30N4OS.HI/c1-19-17(20-13-16-5-12-24-14-16)21-15-18(6-3-2-4-7-18)22-8-10-23-11-9-22;/h5,12,14H,2-4,6-11,13,15H2,1H3,(H2,19,20,21);1H. The predicted octanol–water partition coefficient (Wildman–Crippen LogP) is 3.07. The maximum absolute atomic E-state index is 5.57. The first-order valence-corrected chi connectivity index (χ1v) is 10.1. The predicted molar refractivity (Wildman–Crippen MR) is 116 cm³/mol. The zero-order valence-electron chi connectivity index (χ0n) is 15.1. The highest BCUT2D eigenvalue weighted by Crippen LogP contribution is 2.33. The van der Waals surface area contributed by atoms with E-state index in [1.54, 1.807) is 11.3 Å². The maximum Gasteiger partial charge on any atom is 0.191 e. The summed E-state index contributed by atoms with van der Waals surface area (Å²) in [6.45, 7) is 5.65. The van der Waals surface area contributed by atoms with Gasteiger partial charge in [-0.05, 0) is 35.2 Å². The Morgan fingerprint density at radius 3 is 2.64 bits per heavy atom. The van der Waals surface area contributed by atoms with E-state index in [4.69, 9.17) is 4.74 Å². The molecule has 3 rings (SSSR count). The Bertz CT molecular complexity index is 511. The van der Waals surface area contributed by atoms with Crippen LogP contribution in [-0.2, 0) is 11.3 Å². The normalized spacial score (nSPS) is 21.4. The minimum atomic E-state index is 0. The Morgan fingerprint density at radius 1 is 1.24 bits per heavy atom. The highest BCUT2D eigenvalue weighted by atomic mass is 127. The molecule has 0 spiro atoms. The summed E-state index contributed by atoms with van der Waals surface area (Å²) in [5.41, 5.74) is 1.57. The highest BCUT2D eigenvalue weighted by molar-refractivity contribution is 14.0. The highest BCUT2D eigenvalue weighted by Gasteiger charge is 2.38. The minimum Gasteiger partial charge on any atom is -0.379 e. The zero-order valence-corrected chi connectivity index (χ0v) is 18.3. The van der Waals surface area contributed by atoms with Gasteiger partial charge in [-0.25, -0.2) is 0 Å². The van der Waals surface area contributed by atoms with Crippen molar-refractivity contribution < 1.29 is 4.74 Å². The second-order valence-corrected chi connectivity index (χ2v) is 7.58. The van der Waals surface area contributed by atoms with E-state index >= 15 is 0 Å². The first-order chi connectivity index (χ1) is 11.8. The van der Waals surface area contributed by atoms with Gasteiger partial charge in [-0.3, -0.25) is 9.89 Å². The van der Waals surface area contributed by atoms with Crippen LogP contribution in [0.1, 0.15) is 37.7 Å². The number of morpholine rings is 1. The van der Waals surface area contributed by atoms with Crippen LogP contribution in [0.4, 0.5) is 0 Å². The molecular formula is C18H31IN4OS. The molecule has 0 unspecified atom stereocenters. The fourth-order valence-electron chi connectivity index (χ4n) is 3.90. The number of ether oxygens (including phenoxy) is 1. The van der Waals surface area contributed by atoms with Gasteiger partial charge in [0.25, 0.3) is 0 Å². The van der Waals surface area contributed by atoms with E-state index in [-0.39, 0.29) is 29.5 Å². The van der Waals surface area contributed by atoms with E-state index in [1.807, 2.05) is 7.05 Å². The smallest absolute Gasteiger partial charge is 0.191 e. The van der Waals surface area contributed by atoms with Gasteiger partial charge in [0, 0.05) is 38.8 Å². The van der Waals surface area contributed by atoms with Crippen LogP contribution in [-0.4, -0.2) is 56.3 Å². The van der Waals surface area contributed by atoms with Crippen molar-refractivity contribution in [2.75, 3.05) is 39.9 Å². The van der Waals surface area contributed by atoms with Gasteiger partial charge < -0.3 is 15.4 Å². The second-order valence-electron chi connectivity index (χ2n) is 6.80. The van der Waals surface area contributed by atoms with E-state index < -0.39 is 0 Å². The van der Waals surface area contributed by atoms with Crippen LogP contribution in [0.5, 0.6) is 0 Å². The largest absolute Gasteiger partial charge is 0.379 e. The van der Waals surface area contributed by atoms with Gasteiger partial charge in [0.1, 0.15) is 0 Å². The molecule has 2 aliphatic rings. The van der Waals surface area contributed by atoms with Gasteiger partial charge in [0.05, 0.1) is 13.2 Å². The molecule has 2 fully saturated rings. The molecule has 0 atom stereocenters. The van der Waals surface area contributed by atoms with Crippen molar-refractivity contribution in [1.82, 2.24) is 15.5 Å². The van der Waals surface area contributed by atoms with Gasteiger partial charge in [-0.2, -0.15) is 11.3 Å². The molecule has 1 aromatic rings. The molecule has 0 aromatic carbocycles. The average molecular weight is 478 g/mol. The average Bonchev–Trinajstić information content (AvgIpc) is 3.17. The summed E-state index contributed by atoms with van der Waals surface area (Å²) in [4.78, 5) is 7.06. The van der Waals surface area contributed by atoms with Crippen LogP contribution < -0.4 is 10.6 Å². The van der Waals surface area contributed by atoms with Crippen molar-refractivity contribution in [3.05, 3.63) is 22.4 Å². The lowest BCUT2D eigenvalue weighted by atomic mass is 9.80. The Labute approximate surface area is 172 Å². The van der Waals surface area contributed by atoms with Crippen LogP contribution in [0.15, 0.2) is 21.8 Å². The third-order valence-electron chi connectivity index (χ3n) is 5.31. The number of guanidine groups is 1. The summed E-state index contributed by atoms with van der Waals surface area (Å²) >= 11 is 1.73. The van der Waals surface area contributed by atoms with Crippen molar-refractivity contribution in [3.8, 4) is 0 Å². The number of hydrogen-bond donors (Lipinski definition) is 2. The van der Waals surface area contributed by atoms with Gasteiger partial charge >= 0.3 is 0 Å². The lowest BCUT2D eigenvalue weighted by Crippen LogP contribution is -2.60. The van der Waals surface area contributed by atoms with Crippen LogP contribution in [0.2, 0.25) is 0 Å². The topological polar surface area (TPSA) is 48.9 Å². The number of nitrogens with zero attached hydrogens (tertiary/aromatic N) is 2. The molecule has 25 heavy (non-hydrogen) atoms. The van der Waals surface area contributed by atoms with Gasteiger partial charge in [0.2, 0.25) is 0 Å². The van der Waals surface area contributed by atoms with Gasteiger partial charge in [-0.15, -0.1) is 24.0 Å².